The first kappa shape index (κ1) is 23.2. The Bertz CT molecular complexity index is 1200. The van der Waals surface area contributed by atoms with E-state index in [9.17, 15) is 18.4 Å². The second kappa shape index (κ2) is 9.52. The van der Waals surface area contributed by atoms with E-state index in [1.165, 1.54) is 7.11 Å². The summed E-state index contributed by atoms with van der Waals surface area (Å²) in [5.74, 6) is -4.20. The number of nitrogens with zero attached hydrogens (tertiary/aromatic N) is 4. The van der Waals surface area contributed by atoms with Gasteiger partial charge < -0.3 is 15.0 Å². The number of fused-ring (bicyclic) bond motifs is 1. The van der Waals surface area contributed by atoms with Gasteiger partial charge in [0.05, 0.1) is 0 Å². The molecule has 1 N–H and O–H groups in total. The summed E-state index contributed by atoms with van der Waals surface area (Å²) < 4.78 is 34.7. The summed E-state index contributed by atoms with van der Waals surface area (Å²) in [5.41, 5.74) is 0.397. The second-order valence-corrected chi connectivity index (χ2v) is 8.78. The van der Waals surface area contributed by atoms with Crippen molar-refractivity contribution >= 4 is 32.7 Å². The lowest BCUT2D eigenvalue weighted by Crippen LogP contribution is -2.43. The number of nitrogens with one attached hydrogen (secondary N) is 1. The zero-order valence-corrected chi connectivity index (χ0v) is 19.2. The van der Waals surface area contributed by atoms with Gasteiger partial charge in [-0.05, 0) is 25.3 Å². The Labute approximate surface area is 193 Å². The van der Waals surface area contributed by atoms with Crippen LogP contribution in [0.15, 0.2) is 35.1 Å². The molecule has 0 saturated carbocycles. The molecule has 1 unspecified atom stereocenters. The number of alkyl halides is 2. The monoisotopic (exact) mass is 477 g/mol. The Hall–Kier alpha value is -2.92. The van der Waals surface area contributed by atoms with Gasteiger partial charge in [0, 0.05) is 26.7 Å². The number of carbonyl (C=O) groups excluding carboxylic acids is 1. The number of benzene rings is 1. The third-order valence-corrected chi connectivity index (χ3v) is 6.57. The molecule has 11 heteroatoms. The number of thiazole rings is 1. The molecule has 1 saturated heterocycles. The van der Waals surface area contributed by atoms with Gasteiger partial charge in [-0.15, -0.1) is 0 Å². The Morgan fingerprint density at radius 3 is 2.76 bits per heavy atom. The van der Waals surface area contributed by atoms with Gasteiger partial charge in [0.15, 0.2) is 21.3 Å². The van der Waals surface area contributed by atoms with Gasteiger partial charge in [-0.1, -0.05) is 41.7 Å². The van der Waals surface area contributed by atoms with Crippen molar-refractivity contribution in [2.24, 2.45) is 0 Å². The zero-order valence-electron chi connectivity index (χ0n) is 18.4. The fourth-order valence-corrected chi connectivity index (χ4v) is 5.02. The molecule has 4 rings (SSSR count). The van der Waals surface area contributed by atoms with Crippen LogP contribution in [0.25, 0.3) is 10.3 Å². The molecular formula is C22H25F2N5O3S. The topological polar surface area (TPSA) is 89.3 Å². The van der Waals surface area contributed by atoms with Gasteiger partial charge in [0.1, 0.15) is 12.6 Å². The maximum absolute atomic E-state index is 14.6. The fraction of sp³-hybridized carbons (Fsp3) is 0.455. The highest BCUT2D eigenvalue weighted by Gasteiger charge is 2.38. The molecule has 0 spiro atoms. The number of methoxy groups -OCH3 is 1. The van der Waals surface area contributed by atoms with Crippen molar-refractivity contribution in [3.63, 3.8) is 0 Å². The van der Waals surface area contributed by atoms with Crippen LogP contribution in [-0.4, -0.2) is 46.7 Å². The summed E-state index contributed by atoms with van der Waals surface area (Å²) in [6.45, 7) is 1.73. The molecule has 3 aromatic rings. The highest BCUT2D eigenvalue weighted by molar-refractivity contribution is 7.21. The molecule has 2 aromatic heterocycles. The van der Waals surface area contributed by atoms with Crippen molar-refractivity contribution in [3.05, 3.63) is 52.1 Å². The van der Waals surface area contributed by atoms with E-state index in [0.717, 1.165) is 27.9 Å². The van der Waals surface area contributed by atoms with Crippen LogP contribution in [0.4, 0.5) is 13.9 Å². The lowest BCUT2D eigenvalue weighted by Gasteiger charge is -2.23. The lowest BCUT2D eigenvalue weighted by atomic mass is 10.2. The van der Waals surface area contributed by atoms with E-state index in [1.807, 2.05) is 35.2 Å². The van der Waals surface area contributed by atoms with Gasteiger partial charge in [0.25, 0.3) is 5.56 Å². The molecule has 3 heterocycles. The molecule has 176 valence electrons. The van der Waals surface area contributed by atoms with Crippen LogP contribution in [0.5, 0.6) is 0 Å². The lowest BCUT2D eigenvalue weighted by molar-refractivity contribution is -0.122. The van der Waals surface area contributed by atoms with E-state index in [-0.39, 0.29) is 22.8 Å². The molecule has 1 atom stereocenters. The summed E-state index contributed by atoms with van der Waals surface area (Å²) in [4.78, 5) is 36.3. The summed E-state index contributed by atoms with van der Waals surface area (Å²) in [7, 11) is 1.17. The van der Waals surface area contributed by atoms with Gasteiger partial charge in [0.2, 0.25) is 5.91 Å². The molecule has 1 fully saturated rings. The van der Waals surface area contributed by atoms with Crippen molar-refractivity contribution in [2.75, 3.05) is 25.2 Å². The number of ether oxygens (including phenoxy) is 1. The normalized spacial score (nSPS) is 16.5. The number of aromatic nitrogens is 3. The Morgan fingerprint density at radius 1 is 1.30 bits per heavy atom. The van der Waals surface area contributed by atoms with E-state index in [4.69, 9.17) is 0 Å². The highest BCUT2D eigenvalue weighted by Crippen LogP contribution is 2.34. The predicted octanol–water partition coefficient (Wildman–Crippen LogP) is 2.90. The van der Waals surface area contributed by atoms with Crippen molar-refractivity contribution in [3.8, 4) is 0 Å². The average Bonchev–Trinajstić information content (AvgIpc) is 3.45. The number of hydrogen-bond acceptors (Lipinski definition) is 7. The number of halogens is 2. The standard InChI is InChI=1S/C22H25F2N5O3S/c1-3-28-19(31)16-18(27-20(28)22(23,24)13-32-2)33-21(26-16)29-11-7-10-15(29)17(30)25-12-14-8-5-4-6-9-14/h4-6,8-9,15H,3,7,10-13H2,1-2H3,(H,25,30). The zero-order chi connectivity index (χ0) is 23.6. The average molecular weight is 478 g/mol. The number of amides is 1. The number of carbonyl (C=O) groups is 1. The van der Waals surface area contributed by atoms with Crippen molar-refractivity contribution < 1.29 is 18.3 Å². The van der Waals surface area contributed by atoms with Crippen LogP contribution >= 0.6 is 11.3 Å². The van der Waals surface area contributed by atoms with Crippen LogP contribution in [0.2, 0.25) is 0 Å². The third-order valence-electron chi connectivity index (χ3n) is 5.59. The first-order valence-corrected chi connectivity index (χ1v) is 11.5. The summed E-state index contributed by atoms with van der Waals surface area (Å²) >= 11 is 1.05. The van der Waals surface area contributed by atoms with E-state index >= 15 is 0 Å². The van der Waals surface area contributed by atoms with Gasteiger partial charge >= 0.3 is 5.92 Å². The first-order chi connectivity index (χ1) is 15.9. The quantitative estimate of drug-likeness (QED) is 0.537. The summed E-state index contributed by atoms with van der Waals surface area (Å²) in [6.07, 6.45) is 1.42. The largest absolute Gasteiger partial charge is 0.378 e. The molecule has 1 aromatic carbocycles. The molecular weight excluding hydrogens is 452 g/mol. The molecule has 0 bridgehead atoms. The van der Waals surface area contributed by atoms with E-state index in [2.05, 4.69) is 20.0 Å². The van der Waals surface area contributed by atoms with Crippen LogP contribution in [0.1, 0.15) is 31.2 Å². The van der Waals surface area contributed by atoms with Crippen LogP contribution in [0.3, 0.4) is 0 Å². The second-order valence-electron chi connectivity index (χ2n) is 7.83. The molecule has 1 aliphatic heterocycles. The molecule has 8 nitrogen and oxygen atoms in total. The summed E-state index contributed by atoms with van der Waals surface area (Å²) in [5, 5.41) is 3.38. The maximum atomic E-state index is 14.6. The number of anilines is 1. The fourth-order valence-electron chi connectivity index (χ4n) is 4.01. The van der Waals surface area contributed by atoms with Crippen molar-refractivity contribution in [1.29, 1.82) is 0 Å². The third kappa shape index (κ3) is 4.60. The minimum absolute atomic E-state index is 0.0253. The van der Waals surface area contributed by atoms with Gasteiger partial charge in [-0.3, -0.25) is 14.2 Å². The van der Waals surface area contributed by atoms with E-state index in [1.54, 1.807) is 6.92 Å². The minimum atomic E-state index is -3.42. The molecule has 33 heavy (non-hydrogen) atoms. The van der Waals surface area contributed by atoms with Crippen LogP contribution < -0.4 is 15.8 Å². The molecule has 0 aliphatic carbocycles. The molecule has 0 radical (unpaired) electrons. The van der Waals surface area contributed by atoms with Crippen LogP contribution in [-0.2, 0) is 28.5 Å². The SMILES string of the molecule is CCn1c(C(F)(F)COC)nc2sc(N3CCCC3C(=O)NCc3ccccc3)nc2c1=O. The number of rotatable bonds is 8. The van der Waals surface area contributed by atoms with Crippen molar-refractivity contribution in [1.82, 2.24) is 19.9 Å². The first-order valence-electron chi connectivity index (χ1n) is 10.7. The van der Waals surface area contributed by atoms with Crippen molar-refractivity contribution in [2.45, 2.75) is 44.8 Å². The molecule has 1 aliphatic rings. The van der Waals surface area contributed by atoms with E-state index < -0.39 is 30.0 Å². The Kier molecular flexibility index (Phi) is 6.71. The number of hydrogen-bond donors (Lipinski definition) is 1. The highest BCUT2D eigenvalue weighted by atomic mass is 32.1. The smallest absolute Gasteiger partial charge is 0.327 e. The van der Waals surface area contributed by atoms with E-state index in [0.29, 0.717) is 24.6 Å². The molecule has 1 amide bonds. The Balaban J connectivity index is 1.63. The minimum Gasteiger partial charge on any atom is -0.378 e. The Morgan fingerprint density at radius 2 is 2.06 bits per heavy atom. The maximum Gasteiger partial charge on any atom is 0.327 e. The summed E-state index contributed by atoms with van der Waals surface area (Å²) in [6, 6.07) is 9.14. The van der Waals surface area contributed by atoms with Gasteiger partial charge in [-0.2, -0.15) is 8.78 Å². The predicted molar refractivity (Wildman–Crippen MR) is 122 cm³/mol. The van der Waals surface area contributed by atoms with Crippen LogP contribution in [0, 0.1) is 0 Å². The van der Waals surface area contributed by atoms with Gasteiger partial charge in [-0.25, -0.2) is 9.97 Å².